The van der Waals surface area contributed by atoms with Crippen molar-refractivity contribution in [3.05, 3.63) is 36.0 Å². The van der Waals surface area contributed by atoms with E-state index in [2.05, 4.69) is 29.9 Å². The Hall–Kier alpha value is -1.93. The van der Waals surface area contributed by atoms with Crippen LogP contribution in [0.3, 0.4) is 0 Å². The molecule has 25 heavy (non-hydrogen) atoms. The predicted molar refractivity (Wildman–Crippen MR) is 90.5 cm³/mol. The molecule has 1 unspecified atom stereocenters. The lowest BCUT2D eigenvalue weighted by Gasteiger charge is -2.30. The molecule has 0 aliphatic carbocycles. The molecule has 8 heteroatoms. The summed E-state index contributed by atoms with van der Waals surface area (Å²) in [6.45, 7) is 5.87. The molecule has 0 bridgehead atoms. The van der Waals surface area contributed by atoms with E-state index in [9.17, 15) is 4.39 Å². The first-order chi connectivity index (χ1) is 12.1. The van der Waals surface area contributed by atoms with Gasteiger partial charge in [0.2, 0.25) is 5.89 Å². The van der Waals surface area contributed by atoms with Gasteiger partial charge in [-0.25, -0.2) is 14.4 Å². The van der Waals surface area contributed by atoms with Gasteiger partial charge < -0.3 is 4.52 Å². The minimum Gasteiger partial charge on any atom is -0.338 e. The van der Waals surface area contributed by atoms with Gasteiger partial charge in [0.25, 0.3) is 0 Å². The predicted octanol–water partition coefficient (Wildman–Crippen LogP) is 2.03. The smallest absolute Gasteiger partial charge is 0.243 e. The maximum Gasteiger partial charge on any atom is 0.243 e. The molecule has 0 radical (unpaired) electrons. The molecule has 1 saturated heterocycles. The van der Waals surface area contributed by atoms with E-state index in [1.807, 2.05) is 20.9 Å². The summed E-state index contributed by atoms with van der Waals surface area (Å²) < 4.78 is 19.4. The zero-order chi connectivity index (χ0) is 17.8. The van der Waals surface area contributed by atoms with Crippen LogP contribution in [0.2, 0.25) is 0 Å². The summed E-state index contributed by atoms with van der Waals surface area (Å²) in [5.74, 6) is 1.32. The van der Waals surface area contributed by atoms with Gasteiger partial charge in [0.05, 0.1) is 6.04 Å². The van der Waals surface area contributed by atoms with Gasteiger partial charge in [-0.15, -0.1) is 0 Å². The Balaban J connectivity index is 1.62. The highest BCUT2D eigenvalue weighted by molar-refractivity contribution is 5.04. The summed E-state index contributed by atoms with van der Waals surface area (Å²) in [5, 5.41) is 3.96. The Kier molecular flexibility index (Phi) is 5.70. The highest BCUT2D eigenvalue weighted by atomic mass is 19.1. The number of likely N-dealkylation sites (N-methyl/N-ethyl adjacent to an activating group) is 1. The van der Waals surface area contributed by atoms with Crippen molar-refractivity contribution in [3.8, 4) is 0 Å². The largest absolute Gasteiger partial charge is 0.338 e. The van der Waals surface area contributed by atoms with Crippen molar-refractivity contribution in [2.45, 2.75) is 51.5 Å². The molecule has 3 atom stereocenters. The van der Waals surface area contributed by atoms with E-state index < -0.39 is 6.17 Å². The second kappa shape index (κ2) is 7.97. The third kappa shape index (κ3) is 4.38. The Bertz CT molecular complexity index is 666. The molecule has 0 saturated carbocycles. The maximum absolute atomic E-state index is 14.0. The molecular formula is C17H25FN6O. The standard InChI is InChI=1S/C17H25FN6O/c1-4-16-21-17(25-22-16)12(2)23(3)10-15-5-14(18)9-24(15)8-13-6-19-11-20-7-13/h6-7,11-12,14-15H,4-5,8-10H2,1-3H3/t12?,14-,15-/m0/s1. The molecule has 1 aliphatic heterocycles. The van der Waals surface area contributed by atoms with Crippen molar-refractivity contribution in [2.75, 3.05) is 20.1 Å². The minimum absolute atomic E-state index is 0.00614. The fourth-order valence-corrected chi connectivity index (χ4v) is 3.21. The Morgan fingerprint density at radius 3 is 2.84 bits per heavy atom. The second-order valence-corrected chi connectivity index (χ2v) is 6.68. The van der Waals surface area contributed by atoms with Crippen molar-refractivity contribution >= 4 is 0 Å². The number of aromatic nitrogens is 4. The van der Waals surface area contributed by atoms with Crippen LogP contribution < -0.4 is 0 Å². The van der Waals surface area contributed by atoms with Crippen LogP contribution in [0.15, 0.2) is 23.2 Å². The van der Waals surface area contributed by atoms with Crippen molar-refractivity contribution in [1.29, 1.82) is 0 Å². The van der Waals surface area contributed by atoms with Gasteiger partial charge in [0, 0.05) is 50.1 Å². The van der Waals surface area contributed by atoms with Crippen molar-refractivity contribution < 1.29 is 8.91 Å². The molecule has 3 rings (SSSR count). The minimum atomic E-state index is -0.798. The summed E-state index contributed by atoms with van der Waals surface area (Å²) in [6, 6.07) is 0.129. The van der Waals surface area contributed by atoms with E-state index in [1.54, 1.807) is 12.4 Å². The summed E-state index contributed by atoms with van der Waals surface area (Å²) in [4.78, 5) is 16.8. The van der Waals surface area contributed by atoms with Crippen LogP contribution in [0.4, 0.5) is 4.39 Å². The number of aryl methyl sites for hydroxylation is 1. The number of hydrogen-bond acceptors (Lipinski definition) is 7. The van der Waals surface area contributed by atoms with Crippen LogP contribution in [-0.4, -0.2) is 62.3 Å². The zero-order valence-electron chi connectivity index (χ0n) is 15.0. The van der Waals surface area contributed by atoms with E-state index in [4.69, 9.17) is 4.52 Å². The van der Waals surface area contributed by atoms with E-state index in [-0.39, 0.29) is 12.1 Å². The Morgan fingerprint density at radius 1 is 1.40 bits per heavy atom. The van der Waals surface area contributed by atoms with Gasteiger partial charge in [-0.05, 0) is 20.4 Å². The van der Waals surface area contributed by atoms with Crippen molar-refractivity contribution in [2.24, 2.45) is 0 Å². The van der Waals surface area contributed by atoms with Gasteiger partial charge >= 0.3 is 0 Å². The summed E-state index contributed by atoms with van der Waals surface area (Å²) in [6.07, 6.45) is 5.56. The Labute approximate surface area is 147 Å². The van der Waals surface area contributed by atoms with Crippen LogP contribution in [0, 0.1) is 0 Å². The van der Waals surface area contributed by atoms with E-state index in [1.165, 1.54) is 6.33 Å². The number of halogens is 1. The fraction of sp³-hybridized carbons (Fsp3) is 0.647. The SMILES string of the molecule is CCc1noc(C(C)N(C)C[C@@H]2C[C@H](F)CN2Cc2cncnc2)n1. The van der Waals surface area contributed by atoms with Gasteiger partial charge in [0.1, 0.15) is 12.5 Å². The monoisotopic (exact) mass is 348 g/mol. The van der Waals surface area contributed by atoms with Gasteiger partial charge in [-0.1, -0.05) is 12.1 Å². The first-order valence-corrected chi connectivity index (χ1v) is 8.71. The van der Waals surface area contributed by atoms with Gasteiger partial charge in [0.15, 0.2) is 5.82 Å². The number of nitrogens with zero attached hydrogens (tertiary/aromatic N) is 6. The summed E-state index contributed by atoms with van der Waals surface area (Å²) in [7, 11) is 2.01. The summed E-state index contributed by atoms with van der Waals surface area (Å²) in [5.41, 5.74) is 1.00. The average molecular weight is 348 g/mol. The lowest BCUT2D eigenvalue weighted by molar-refractivity contribution is 0.143. The molecule has 136 valence electrons. The first kappa shape index (κ1) is 17.9. The molecule has 0 spiro atoms. The fourth-order valence-electron chi connectivity index (χ4n) is 3.21. The topological polar surface area (TPSA) is 71.2 Å². The molecule has 0 aromatic carbocycles. The maximum atomic E-state index is 14.0. The van der Waals surface area contributed by atoms with E-state index in [0.717, 1.165) is 18.5 Å². The molecule has 1 aliphatic rings. The van der Waals surface area contributed by atoms with Crippen LogP contribution >= 0.6 is 0 Å². The highest BCUT2D eigenvalue weighted by Crippen LogP contribution is 2.25. The highest BCUT2D eigenvalue weighted by Gasteiger charge is 2.34. The molecule has 0 amide bonds. The second-order valence-electron chi connectivity index (χ2n) is 6.68. The van der Waals surface area contributed by atoms with Crippen LogP contribution in [0.5, 0.6) is 0 Å². The van der Waals surface area contributed by atoms with Crippen LogP contribution in [-0.2, 0) is 13.0 Å². The quantitative estimate of drug-likeness (QED) is 0.758. The first-order valence-electron chi connectivity index (χ1n) is 8.71. The normalized spacial score (nSPS) is 22.6. The lowest BCUT2D eigenvalue weighted by atomic mass is 10.1. The van der Waals surface area contributed by atoms with Crippen LogP contribution in [0.25, 0.3) is 0 Å². The molecule has 1 fully saturated rings. The molecule has 7 nitrogen and oxygen atoms in total. The number of hydrogen-bond donors (Lipinski definition) is 0. The van der Waals surface area contributed by atoms with Gasteiger partial charge in [-0.2, -0.15) is 4.98 Å². The molecule has 2 aromatic rings. The Morgan fingerprint density at radius 2 is 2.16 bits per heavy atom. The third-order valence-electron chi connectivity index (χ3n) is 4.79. The van der Waals surface area contributed by atoms with Crippen molar-refractivity contribution in [1.82, 2.24) is 29.9 Å². The number of rotatable bonds is 7. The molecule has 2 aromatic heterocycles. The number of likely N-dealkylation sites (tertiary alicyclic amines) is 1. The van der Waals surface area contributed by atoms with E-state index >= 15 is 0 Å². The third-order valence-corrected chi connectivity index (χ3v) is 4.79. The molecular weight excluding hydrogens is 323 g/mol. The zero-order valence-corrected chi connectivity index (χ0v) is 15.0. The molecule has 3 heterocycles. The lowest BCUT2D eigenvalue weighted by Crippen LogP contribution is -2.39. The van der Waals surface area contributed by atoms with Crippen LogP contribution in [0.1, 0.15) is 43.6 Å². The number of alkyl halides is 1. The molecule has 0 N–H and O–H groups in total. The van der Waals surface area contributed by atoms with E-state index in [0.29, 0.717) is 31.2 Å². The van der Waals surface area contributed by atoms with Gasteiger partial charge in [-0.3, -0.25) is 9.80 Å². The average Bonchev–Trinajstić information content (AvgIpc) is 3.22. The summed E-state index contributed by atoms with van der Waals surface area (Å²) >= 11 is 0. The van der Waals surface area contributed by atoms with Crippen molar-refractivity contribution in [3.63, 3.8) is 0 Å².